The van der Waals surface area contributed by atoms with Gasteiger partial charge in [-0.15, -0.1) is 0 Å². The first kappa shape index (κ1) is 13.6. The van der Waals surface area contributed by atoms with Crippen LogP contribution in [0.4, 0.5) is 11.5 Å². The minimum atomic E-state index is -1.12. The van der Waals surface area contributed by atoms with Crippen molar-refractivity contribution in [3.8, 4) is 11.5 Å². The van der Waals surface area contributed by atoms with Gasteiger partial charge in [-0.05, 0) is 12.1 Å². The molecule has 0 saturated heterocycles. The SMILES string of the molecule is COc1ccc(OC)c(Nc2cnc(C(=O)O)cn2)c1. The predicted octanol–water partition coefficient (Wildman–Crippen LogP) is 1.94. The molecule has 2 N–H and O–H groups in total. The summed E-state index contributed by atoms with van der Waals surface area (Å²) >= 11 is 0. The van der Waals surface area contributed by atoms with Gasteiger partial charge in [-0.3, -0.25) is 0 Å². The van der Waals surface area contributed by atoms with E-state index in [4.69, 9.17) is 14.6 Å². The number of nitrogens with one attached hydrogen (secondary N) is 1. The number of carbonyl (C=O) groups is 1. The van der Waals surface area contributed by atoms with Crippen molar-refractivity contribution in [3.05, 3.63) is 36.3 Å². The standard InChI is InChI=1S/C13H13N3O4/c1-19-8-3-4-11(20-2)9(5-8)16-12-7-14-10(6-15-12)13(17)18/h3-7H,1-2H3,(H,15,16)(H,17,18). The van der Waals surface area contributed by atoms with Crippen LogP contribution in [0.5, 0.6) is 11.5 Å². The molecule has 0 saturated carbocycles. The Morgan fingerprint density at radius 2 is 2.00 bits per heavy atom. The van der Waals surface area contributed by atoms with E-state index in [1.807, 2.05) is 0 Å². The summed E-state index contributed by atoms with van der Waals surface area (Å²) in [7, 11) is 3.11. The van der Waals surface area contributed by atoms with E-state index in [1.54, 1.807) is 32.4 Å². The minimum absolute atomic E-state index is 0.117. The fraction of sp³-hybridized carbons (Fsp3) is 0.154. The van der Waals surface area contributed by atoms with E-state index in [-0.39, 0.29) is 5.69 Å². The highest BCUT2D eigenvalue weighted by Crippen LogP contribution is 2.30. The first-order valence-corrected chi connectivity index (χ1v) is 5.68. The Kier molecular flexibility index (Phi) is 3.99. The number of hydrogen-bond donors (Lipinski definition) is 2. The van der Waals surface area contributed by atoms with Crippen LogP contribution in [-0.4, -0.2) is 35.3 Å². The van der Waals surface area contributed by atoms with Crippen LogP contribution in [0.25, 0.3) is 0 Å². The molecule has 0 unspecified atom stereocenters. The van der Waals surface area contributed by atoms with Gasteiger partial charge in [0.05, 0.1) is 32.3 Å². The number of benzene rings is 1. The lowest BCUT2D eigenvalue weighted by molar-refractivity contribution is 0.0690. The fourth-order valence-corrected chi connectivity index (χ4v) is 1.55. The maximum atomic E-state index is 10.7. The molecule has 0 amide bonds. The molecule has 0 aliphatic rings. The monoisotopic (exact) mass is 275 g/mol. The van der Waals surface area contributed by atoms with Crippen LogP contribution in [0, 0.1) is 0 Å². The third-order valence-corrected chi connectivity index (χ3v) is 2.54. The van der Waals surface area contributed by atoms with Crippen molar-refractivity contribution in [1.29, 1.82) is 0 Å². The highest BCUT2D eigenvalue weighted by molar-refractivity contribution is 5.85. The number of methoxy groups -OCH3 is 2. The van der Waals surface area contributed by atoms with Gasteiger partial charge in [0.2, 0.25) is 0 Å². The summed E-state index contributed by atoms with van der Waals surface area (Å²) in [5, 5.41) is 11.7. The van der Waals surface area contributed by atoms with E-state index >= 15 is 0 Å². The molecule has 7 heteroatoms. The molecule has 2 aromatic rings. The molecule has 0 fully saturated rings. The van der Waals surface area contributed by atoms with E-state index in [1.165, 1.54) is 12.4 Å². The number of carboxylic acid groups (broad SMARTS) is 1. The van der Waals surface area contributed by atoms with Crippen LogP contribution in [0.15, 0.2) is 30.6 Å². The van der Waals surface area contributed by atoms with Crippen LogP contribution < -0.4 is 14.8 Å². The average Bonchev–Trinajstić information content (AvgIpc) is 2.47. The van der Waals surface area contributed by atoms with Gasteiger partial charge in [0.1, 0.15) is 17.3 Å². The molecular formula is C13H13N3O4. The Labute approximate surface area is 115 Å². The van der Waals surface area contributed by atoms with Crippen molar-refractivity contribution in [2.75, 3.05) is 19.5 Å². The summed E-state index contributed by atoms with van der Waals surface area (Å²) in [4.78, 5) is 18.4. The van der Waals surface area contributed by atoms with Gasteiger partial charge in [0, 0.05) is 6.07 Å². The third-order valence-electron chi connectivity index (χ3n) is 2.54. The van der Waals surface area contributed by atoms with Crippen molar-refractivity contribution in [2.45, 2.75) is 0 Å². The number of aromatic carboxylic acids is 1. The molecule has 7 nitrogen and oxygen atoms in total. The van der Waals surface area contributed by atoms with E-state index in [0.717, 1.165) is 0 Å². The van der Waals surface area contributed by atoms with E-state index in [2.05, 4.69) is 15.3 Å². The number of nitrogens with zero attached hydrogens (tertiary/aromatic N) is 2. The molecule has 1 aromatic carbocycles. The topological polar surface area (TPSA) is 93.6 Å². The quantitative estimate of drug-likeness (QED) is 0.861. The lowest BCUT2D eigenvalue weighted by Gasteiger charge is -2.11. The van der Waals surface area contributed by atoms with Gasteiger partial charge >= 0.3 is 5.97 Å². The molecule has 0 aliphatic heterocycles. The Morgan fingerprint density at radius 3 is 2.55 bits per heavy atom. The maximum Gasteiger partial charge on any atom is 0.356 e. The van der Waals surface area contributed by atoms with Gasteiger partial charge < -0.3 is 19.9 Å². The van der Waals surface area contributed by atoms with Gasteiger partial charge in [-0.1, -0.05) is 0 Å². The van der Waals surface area contributed by atoms with Gasteiger partial charge in [-0.2, -0.15) is 0 Å². The van der Waals surface area contributed by atoms with Crippen molar-refractivity contribution in [3.63, 3.8) is 0 Å². The van der Waals surface area contributed by atoms with Gasteiger partial charge in [0.15, 0.2) is 5.69 Å². The van der Waals surface area contributed by atoms with Crippen LogP contribution in [-0.2, 0) is 0 Å². The lowest BCUT2D eigenvalue weighted by atomic mass is 10.2. The van der Waals surface area contributed by atoms with Crippen molar-refractivity contribution < 1.29 is 19.4 Å². The fourth-order valence-electron chi connectivity index (χ4n) is 1.55. The first-order chi connectivity index (χ1) is 9.63. The highest BCUT2D eigenvalue weighted by Gasteiger charge is 2.08. The summed E-state index contributed by atoms with van der Waals surface area (Å²) in [6.45, 7) is 0. The lowest BCUT2D eigenvalue weighted by Crippen LogP contribution is -2.03. The predicted molar refractivity (Wildman–Crippen MR) is 71.8 cm³/mol. The number of anilines is 2. The number of rotatable bonds is 5. The maximum absolute atomic E-state index is 10.7. The zero-order valence-corrected chi connectivity index (χ0v) is 11.0. The van der Waals surface area contributed by atoms with Gasteiger partial charge in [0.25, 0.3) is 0 Å². The average molecular weight is 275 g/mol. The minimum Gasteiger partial charge on any atom is -0.497 e. The highest BCUT2D eigenvalue weighted by atomic mass is 16.5. The molecule has 1 aromatic heterocycles. The molecule has 20 heavy (non-hydrogen) atoms. The van der Waals surface area contributed by atoms with Crippen molar-refractivity contribution in [1.82, 2.24) is 9.97 Å². The summed E-state index contributed by atoms with van der Waals surface area (Å²) in [6.07, 6.45) is 2.51. The molecule has 0 aliphatic carbocycles. The Morgan fingerprint density at radius 1 is 1.20 bits per heavy atom. The second kappa shape index (κ2) is 5.87. The number of ether oxygens (including phenoxy) is 2. The smallest absolute Gasteiger partial charge is 0.356 e. The normalized spacial score (nSPS) is 9.90. The number of carboxylic acids is 1. The number of aromatic nitrogens is 2. The van der Waals surface area contributed by atoms with Crippen LogP contribution in [0.3, 0.4) is 0 Å². The summed E-state index contributed by atoms with van der Waals surface area (Å²) < 4.78 is 10.4. The van der Waals surface area contributed by atoms with Crippen LogP contribution in [0.1, 0.15) is 10.5 Å². The third kappa shape index (κ3) is 2.94. The second-order valence-electron chi connectivity index (χ2n) is 3.78. The van der Waals surface area contributed by atoms with Crippen molar-refractivity contribution in [2.24, 2.45) is 0 Å². The number of hydrogen-bond acceptors (Lipinski definition) is 6. The Balaban J connectivity index is 2.26. The summed E-state index contributed by atoms with van der Waals surface area (Å²) in [6, 6.07) is 5.26. The Bertz CT molecular complexity index is 614. The molecule has 0 radical (unpaired) electrons. The van der Waals surface area contributed by atoms with Crippen molar-refractivity contribution >= 4 is 17.5 Å². The van der Waals surface area contributed by atoms with E-state index in [9.17, 15) is 4.79 Å². The molecule has 104 valence electrons. The summed E-state index contributed by atoms with van der Waals surface area (Å²) in [5.41, 5.74) is 0.525. The van der Waals surface area contributed by atoms with E-state index < -0.39 is 5.97 Å². The first-order valence-electron chi connectivity index (χ1n) is 5.68. The Hall–Kier alpha value is -2.83. The zero-order chi connectivity index (χ0) is 14.5. The molecular weight excluding hydrogens is 262 g/mol. The van der Waals surface area contributed by atoms with Crippen LogP contribution in [0.2, 0.25) is 0 Å². The molecule has 0 spiro atoms. The zero-order valence-electron chi connectivity index (χ0n) is 11.0. The largest absolute Gasteiger partial charge is 0.497 e. The molecule has 2 rings (SSSR count). The molecule has 0 atom stereocenters. The van der Waals surface area contributed by atoms with Crippen LogP contribution >= 0.6 is 0 Å². The van der Waals surface area contributed by atoms with Gasteiger partial charge in [-0.25, -0.2) is 14.8 Å². The molecule has 1 heterocycles. The second-order valence-corrected chi connectivity index (χ2v) is 3.78. The van der Waals surface area contributed by atoms with E-state index in [0.29, 0.717) is 23.0 Å². The molecule has 0 bridgehead atoms. The summed E-state index contributed by atoms with van der Waals surface area (Å²) in [5.74, 6) is 0.544.